The molecule has 77 valence electrons. The van der Waals surface area contributed by atoms with Gasteiger partial charge in [-0.05, 0) is 24.1 Å². The van der Waals surface area contributed by atoms with Gasteiger partial charge in [0.2, 0.25) is 0 Å². The van der Waals surface area contributed by atoms with Crippen LogP contribution in [0.1, 0.15) is 12.0 Å². The highest BCUT2D eigenvalue weighted by Gasteiger charge is 2.26. The van der Waals surface area contributed by atoms with Crippen molar-refractivity contribution < 1.29 is 13.9 Å². The number of nitrogens with two attached hydrogens (primary N) is 1. The molecule has 0 saturated heterocycles. The maximum absolute atomic E-state index is 12.8. The van der Waals surface area contributed by atoms with Gasteiger partial charge in [-0.15, -0.1) is 0 Å². The van der Waals surface area contributed by atoms with E-state index in [1.165, 1.54) is 6.07 Å². The maximum atomic E-state index is 12.8. The third-order valence-corrected chi connectivity index (χ3v) is 2.21. The summed E-state index contributed by atoms with van der Waals surface area (Å²) < 4.78 is 25.4. The minimum absolute atomic E-state index is 0.0818. The van der Waals surface area contributed by atoms with Crippen molar-refractivity contribution in [2.75, 3.05) is 6.54 Å². The predicted octanol–water partition coefficient (Wildman–Crippen LogP) is 1.34. The van der Waals surface area contributed by atoms with E-state index in [1.54, 1.807) is 0 Å². The minimum Gasteiger partial charge on any atom is -0.384 e. The van der Waals surface area contributed by atoms with Crippen molar-refractivity contribution in [3.8, 4) is 0 Å². The molecule has 0 aliphatic heterocycles. The van der Waals surface area contributed by atoms with E-state index in [9.17, 15) is 13.9 Å². The molecule has 0 aliphatic rings. The second-order valence-electron chi connectivity index (χ2n) is 3.11. The van der Waals surface area contributed by atoms with Crippen LogP contribution in [0.4, 0.5) is 8.78 Å². The molecule has 0 saturated carbocycles. The van der Waals surface area contributed by atoms with E-state index in [4.69, 9.17) is 5.73 Å². The molecule has 14 heavy (non-hydrogen) atoms. The summed E-state index contributed by atoms with van der Waals surface area (Å²) in [5.41, 5.74) is 4.20. The molecule has 1 unspecified atom stereocenters. The summed E-state index contributed by atoms with van der Waals surface area (Å²) in [5.74, 6) is -1.94. The van der Waals surface area contributed by atoms with Crippen molar-refractivity contribution in [2.45, 2.75) is 12.0 Å². The fourth-order valence-electron chi connectivity index (χ4n) is 1.15. The van der Waals surface area contributed by atoms with Crippen molar-refractivity contribution in [1.82, 2.24) is 0 Å². The Morgan fingerprint density at radius 3 is 2.43 bits per heavy atom. The lowest BCUT2D eigenvalue weighted by molar-refractivity contribution is 0.0480. The number of rotatable bonds is 3. The summed E-state index contributed by atoms with van der Waals surface area (Å²) in [4.78, 5) is 0. The number of benzene rings is 1. The third-order valence-electron chi connectivity index (χ3n) is 2.21. The Labute approximate surface area is 81.4 Å². The van der Waals surface area contributed by atoms with Gasteiger partial charge in [0.25, 0.3) is 0 Å². The smallest absolute Gasteiger partial charge is 0.159 e. The third kappa shape index (κ3) is 1.91. The molecule has 1 aromatic rings. The van der Waals surface area contributed by atoms with Crippen molar-refractivity contribution in [2.24, 2.45) is 5.73 Å². The number of hydrogen-bond donors (Lipinski definition) is 2. The molecule has 1 rings (SSSR count). The molecule has 0 fully saturated rings. The fourth-order valence-corrected chi connectivity index (χ4v) is 1.15. The first kappa shape index (κ1) is 11.1. The second kappa shape index (κ2) is 4.02. The van der Waals surface area contributed by atoms with Crippen LogP contribution < -0.4 is 5.73 Å². The lowest BCUT2D eigenvalue weighted by Crippen LogP contribution is -2.34. The quantitative estimate of drug-likeness (QED) is 0.773. The number of hydrogen-bond acceptors (Lipinski definition) is 2. The first-order chi connectivity index (χ1) is 6.53. The number of halogens is 2. The summed E-state index contributed by atoms with van der Waals surface area (Å²) in [6, 6.07) is 3.20. The van der Waals surface area contributed by atoms with Gasteiger partial charge in [0, 0.05) is 6.54 Å². The predicted molar refractivity (Wildman–Crippen MR) is 49.3 cm³/mol. The van der Waals surface area contributed by atoms with E-state index < -0.39 is 17.2 Å². The van der Waals surface area contributed by atoms with Crippen LogP contribution in [0.25, 0.3) is 0 Å². The average molecular weight is 200 g/mol. The summed E-state index contributed by atoms with van der Waals surface area (Å²) in [6.45, 7) is 3.43. The van der Waals surface area contributed by atoms with Crippen molar-refractivity contribution in [3.05, 3.63) is 42.3 Å². The van der Waals surface area contributed by atoms with Crippen LogP contribution in [-0.4, -0.2) is 11.7 Å². The van der Waals surface area contributed by atoms with Crippen molar-refractivity contribution in [3.63, 3.8) is 0 Å². The SMILES string of the molecule is [CH2]CC(O)(CN)c1ccc(F)c(F)c1. The molecule has 0 aromatic heterocycles. The zero-order valence-electron chi connectivity index (χ0n) is 7.63. The summed E-state index contributed by atoms with van der Waals surface area (Å²) in [5, 5.41) is 9.84. The number of aliphatic hydroxyl groups is 1. The van der Waals surface area contributed by atoms with Crippen LogP contribution in [0.2, 0.25) is 0 Å². The molecule has 0 spiro atoms. The summed E-state index contributed by atoms with van der Waals surface area (Å²) in [7, 11) is 0. The van der Waals surface area contributed by atoms with Gasteiger partial charge < -0.3 is 10.8 Å². The van der Waals surface area contributed by atoms with Crippen molar-refractivity contribution in [1.29, 1.82) is 0 Å². The van der Waals surface area contributed by atoms with Gasteiger partial charge in [-0.1, -0.05) is 13.0 Å². The highest BCUT2D eigenvalue weighted by Crippen LogP contribution is 2.24. The molecule has 0 heterocycles. The molecule has 3 N–H and O–H groups in total. The van der Waals surface area contributed by atoms with E-state index in [1.807, 2.05) is 0 Å². The Kier molecular flexibility index (Phi) is 3.18. The molecule has 0 amide bonds. The molecular formula is C10H12F2NO. The van der Waals surface area contributed by atoms with Gasteiger partial charge >= 0.3 is 0 Å². The molecule has 0 aliphatic carbocycles. The van der Waals surface area contributed by atoms with Gasteiger partial charge in [0.05, 0.1) is 0 Å². The van der Waals surface area contributed by atoms with E-state index >= 15 is 0 Å². The highest BCUT2D eigenvalue weighted by atomic mass is 19.2. The van der Waals surface area contributed by atoms with Gasteiger partial charge in [0.15, 0.2) is 11.6 Å². The summed E-state index contributed by atoms with van der Waals surface area (Å²) in [6.07, 6.45) is 0.106. The van der Waals surface area contributed by atoms with Crippen LogP contribution in [-0.2, 0) is 5.60 Å². The molecule has 0 bridgehead atoms. The Morgan fingerprint density at radius 1 is 1.36 bits per heavy atom. The molecular weight excluding hydrogens is 188 g/mol. The van der Waals surface area contributed by atoms with Gasteiger partial charge in [0.1, 0.15) is 5.60 Å². The van der Waals surface area contributed by atoms with E-state index in [2.05, 4.69) is 6.92 Å². The second-order valence-corrected chi connectivity index (χ2v) is 3.11. The fraction of sp³-hybridized carbons (Fsp3) is 0.300. The molecule has 4 heteroatoms. The van der Waals surface area contributed by atoms with Gasteiger partial charge in [-0.3, -0.25) is 0 Å². The lowest BCUT2D eigenvalue weighted by atomic mass is 9.91. The molecule has 1 radical (unpaired) electrons. The van der Waals surface area contributed by atoms with Crippen molar-refractivity contribution >= 4 is 0 Å². The maximum Gasteiger partial charge on any atom is 0.159 e. The Hall–Kier alpha value is -1.00. The first-order valence-corrected chi connectivity index (χ1v) is 4.20. The molecule has 1 atom stereocenters. The monoisotopic (exact) mass is 200 g/mol. The Morgan fingerprint density at radius 2 is 2.00 bits per heavy atom. The molecule has 2 nitrogen and oxygen atoms in total. The van der Waals surface area contributed by atoms with E-state index in [0.29, 0.717) is 0 Å². The molecule has 1 aromatic carbocycles. The average Bonchev–Trinajstić information content (AvgIpc) is 2.21. The van der Waals surface area contributed by atoms with Crippen LogP contribution >= 0.6 is 0 Å². The Balaban J connectivity index is 3.12. The van der Waals surface area contributed by atoms with Crippen LogP contribution in [0.15, 0.2) is 18.2 Å². The normalized spacial score (nSPS) is 15.2. The van der Waals surface area contributed by atoms with E-state index in [-0.39, 0.29) is 18.5 Å². The van der Waals surface area contributed by atoms with E-state index in [0.717, 1.165) is 12.1 Å². The zero-order valence-corrected chi connectivity index (χ0v) is 7.63. The largest absolute Gasteiger partial charge is 0.384 e. The van der Waals surface area contributed by atoms with Crippen LogP contribution in [0.5, 0.6) is 0 Å². The minimum atomic E-state index is -1.38. The zero-order chi connectivity index (χ0) is 10.8. The summed E-state index contributed by atoms with van der Waals surface area (Å²) >= 11 is 0. The van der Waals surface area contributed by atoms with Crippen LogP contribution in [0, 0.1) is 18.6 Å². The Bertz CT molecular complexity index is 324. The topological polar surface area (TPSA) is 46.2 Å². The lowest BCUT2D eigenvalue weighted by Gasteiger charge is -2.25. The highest BCUT2D eigenvalue weighted by molar-refractivity contribution is 5.24. The van der Waals surface area contributed by atoms with Gasteiger partial charge in [-0.2, -0.15) is 0 Å². The standard InChI is InChI=1S/C10H12F2NO/c1-2-10(14,6-13)7-3-4-8(11)9(12)5-7/h3-5,14H,1-2,6,13H2. The van der Waals surface area contributed by atoms with Gasteiger partial charge in [-0.25, -0.2) is 8.78 Å². The van der Waals surface area contributed by atoms with Crippen LogP contribution in [0.3, 0.4) is 0 Å². The first-order valence-electron chi connectivity index (χ1n) is 4.20.